The van der Waals surface area contributed by atoms with Crippen molar-refractivity contribution in [2.24, 2.45) is 0 Å². The SMILES string of the molecule is Nc1ncccc1CC1(F)CC2CCC(C1)N2. The van der Waals surface area contributed by atoms with Crippen molar-refractivity contribution in [3.8, 4) is 0 Å². The Balaban J connectivity index is 1.78. The highest BCUT2D eigenvalue weighted by atomic mass is 19.1. The monoisotopic (exact) mass is 235 g/mol. The third-order valence-corrected chi connectivity index (χ3v) is 3.99. The molecule has 0 aromatic carbocycles. The van der Waals surface area contributed by atoms with Crippen LogP contribution in [0.25, 0.3) is 0 Å². The molecule has 2 saturated heterocycles. The summed E-state index contributed by atoms with van der Waals surface area (Å²) in [5.74, 6) is 0.468. The highest BCUT2D eigenvalue weighted by molar-refractivity contribution is 5.39. The van der Waals surface area contributed by atoms with Gasteiger partial charge in [-0.05, 0) is 37.3 Å². The number of hydrogen-bond acceptors (Lipinski definition) is 3. The first kappa shape index (κ1) is 11.0. The van der Waals surface area contributed by atoms with Gasteiger partial charge in [0.15, 0.2) is 0 Å². The Morgan fingerprint density at radius 2 is 2.12 bits per heavy atom. The minimum atomic E-state index is -1.10. The molecule has 1 aromatic rings. The van der Waals surface area contributed by atoms with Crippen LogP contribution in [0.1, 0.15) is 31.2 Å². The van der Waals surface area contributed by atoms with Crippen molar-refractivity contribution in [2.75, 3.05) is 5.73 Å². The number of nitrogens with two attached hydrogens (primary N) is 1. The lowest BCUT2D eigenvalue weighted by Crippen LogP contribution is -2.47. The van der Waals surface area contributed by atoms with Gasteiger partial charge in [-0.1, -0.05) is 6.07 Å². The number of aromatic nitrogens is 1. The molecule has 4 heteroatoms. The van der Waals surface area contributed by atoms with E-state index in [2.05, 4.69) is 10.3 Å². The van der Waals surface area contributed by atoms with Crippen LogP contribution in [0.15, 0.2) is 18.3 Å². The van der Waals surface area contributed by atoms with E-state index in [1.807, 2.05) is 12.1 Å². The van der Waals surface area contributed by atoms with Crippen molar-refractivity contribution in [2.45, 2.75) is 49.9 Å². The lowest BCUT2D eigenvalue weighted by Gasteiger charge is -2.35. The smallest absolute Gasteiger partial charge is 0.126 e. The molecule has 0 amide bonds. The number of hydrogen-bond donors (Lipinski definition) is 2. The van der Waals surface area contributed by atoms with Gasteiger partial charge in [-0.3, -0.25) is 0 Å². The van der Waals surface area contributed by atoms with Crippen LogP contribution in [-0.4, -0.2) is 22.7 Å². The first-order chi connectivity index (χ1) is 8.15. The summed E-state index contributed by atoms with van der Waals surface area (Å²) in [7, 11) is 0. The highest BCUT2D eigenvalue weighted by Crippen LogP contribution is 2.39. The van der Waals surface area contributed by atoms with E-state index in [4.69, 9.17) is 5.73 Å². The summed E-state index contributed by atoms with van der Waals surface area (Å²) in [6, 6.07) is 4.42. The van der Waals surface area contributed by atoms with Gasteiger partial charge in [0, 0.05) is 24.7 Å². The number of pyridine rings is 1. The standard InChI is InChI=1S/C13H18FN3/c14-13(6-9-2-1-5-16-12(9)15)7-10-3-4-11(8-13)17-10/h1-2,5,10-11,17H,3-4,6-8H2,(H2,15,16). The number of fused-ring (bicyclic) bond motifs is 2. The number of alkyl halides is 1. The quantitative estimate of drug-likeness (QED) is 0.822. The number of nitrogens with zero attached hydrogens (tertiary/aromatic N) is 1. The van der Waals surface area contributed by atoms with Gasteiger partial charge < -0.3 is 11.1 Å². The van der Waals surface area contributed by atoms with Crippen molar-refractivity contribution in [1.29, 1.82) is 0 Å². The van der Waals surface area contributed by atoms with Crippen LogP contribution in [0.3, 0.4) is 0 Å². The maximum absolute atomic E-state index is 14.9. The lowest BCUT2D eigenvalue weighted by molar-refractivity contribution is 0.0894. The summed E-state index contributed by atoms with van der Waals surface area (Å²) in [5, 5.41) is 3.46. The lowest BCUT2D eigenvalue weighted by atomic mass is 9.84. The van der Waals surface area contributed by atoms with Crippen LogP contribution >= 0.6 is 0 Å². The molecule has 3 nitrogen and oxygen atoms in total. The second-order valence-electron chi connectivity index (χ2n) is 5.42. The molecule has 17 heavy (non-hydrogen) atoms. The van der Waals surface area contributed by atoms with Gasteiger partial charge in [-0.2, -0.15) is 0 Å². The van der Waals surface area contributed by atoms with Crippen LogP contribution in [0.2, 0.25) is 0 Å². The molecule has 2 unspecified atom stereocenters. The molecule has 2 bridgehead atoms. The maximum atomic E-state index is 14.9. The molecule has 0 radical (unpaired) electrons. The van der Waals surface area contributed by atoms with Gasteiger partial charge in [-0.15, -0.1) is 0 Å². The fourth-order valence-electron chi connectivity index (χ4n) is 3.28. The van der Waals surface area contributed by atoms with Crippen molar-refractivity contribution < 1.29 is 4.39 Å². The molecule has 0 saturated carbocycles. The Bertz CT molecular complexity index is 409. The summed E-state index contributed by atoms with van der Waals surface area (Å²) in [5.41, 5.74) is 5.53. The van der Waals surface area contributed by atoms with Crippen molar-refractivity contribution >= 4 is 5.82 Å². The van der Waals surface area contributed by atoms with Gasteiger partial charge in [0.2, 0.25) is 0 Å². The molecule has 2 atom stereocenters. The first-order valence-electron chi connectivity index (χ1n) is 6.29. The second kappa shape index (κ2) is 3.95. The Hall–Kier alpha value is -1.16. The average Bonchev–Trinajstić information content (AvgIpc) is 2.62. The topological polar surface area (TPSA) is 50.9 Å². The molecule has 0 spiro atoms. The molecule has 2 aliphatic heterocycles. The summed E-state index contributed by atoms with van der Waals surface area (Å²) in [6.07, 6.45) is 5.49. The highest BCUT2D eigenvalue weighted by Gasteiger charge is 2.44. The first-order valence-corrected chi connectivity index (χ1v) is 6.29. The van der Waals surface area contributed by atoms with Crippen LogP contribution in [0, 0.1) is 0 Å². The van der Waals surface area contributed by atoms with E-state index < -0.39 is 5.67 Å². The van der Waals surface area contributed by atoms with Crippen molar-refractivity contribution in [3.05, 3.63) is 23.9 Å². The Kier molecular flexibility index (Phi) is 2.54. The van der Waals surface area contributed by atoms with Crippen molar-refractivity contribution in [1.82, 2.24) is 10.3 Å². The minimum Gasteiger partial charge on any atom is -0.383 e. The van der Waals surface area contributed by atoms with E-state index in [1.165, 1.54) is 0 Å². The van der Waals surface area contributed by atoms with Crippen LogP contribution in [0.5, 0.6) is 0 Å². The van der Waals surface area contributed by atoms with Crippen LogP contribution < -0.4 is 11.1 Å². The number of halogens is 1. The zero-order valence-corrected chi connectivity index (χ0v) is 9.82. The number of piperidine rings is 1. The normalized spacial score (nSPS) is 36.1. The molecule has 3 heterocycles. The van der Waals surface area contributed by atoms with Gasteiger partial charge in [-0.25, -0.2) is 9.37 Å². The maximum Gasteiger partial charge on any atom is 0.126 e. The number of rotatable bonds is 2. The Morgan fingerprint density at radius 1 is 1.41 bits per heavy atom. The molecule has 3 N–H and O–H groups in total. The third kappa shape index (κ3) is 2.14. The van der Waals surface area contributed by atoms with E-state index in [1.54, 1.807) is 6.20 Å². The predicted molar refractivity (Wildman–Crippen MR) is 65.4 cm³/mol. The summed E-state index contributed by atoms with van der Waals surface area (Å²) >= 11 is 0. The van der Waals surface area contributed by atoms with Gasteiger partial charge in [0.05, 0.1) is 0 Å². The zero-order valence-electron chi connectivity index (χ0n) is 9.82. The fraction of sp³-hybridized carbons (Fsp3) is 0.615. The third-order valence-electron chi connectivity index (χ3n) is 3.99. The van der Waals surface area contributed by atoms with Crippen LogP contribution in [-0.2, 0) is 6.42 Å². The van der Waals surface area contributed by atoms with Crippen molar-refractivity contribution in [3.63, 3.8) is 0 Å². The van der Waals surface area contributed by atoms with Crippen LogP contribution in [0.4, 0.5) is 10.2 Å². The van der Waals surface area contributed by atoms with E-state index in [0.29, 0.717) is 37.2 Å². The van der Waals surface area contributed by atoms with Gasteiger partial charge in [0.25, 0.3) is 0 Å². The summed E-state index contributed by atoms with van der Waals surface area (Å²) in [6.45, 7) is 0. The number of nitrogens with one attached hydrogen (secondary N) is 1. The fourth-order valence-corrected chi connectivity index (χ4v) is 3.28. The molecule has 3 rings (SSSR count). The molecular formula is C13H18FN3. The van der Waals surface area contributed by atoms with E-state index in [-0.39, 0.29) is 0 Å². The van der Waals surface area contributed by atoms with E-state index in [9.17, 15) is 4.39 Å². The largest absolute Gasteiger partial charge is 0.383 e. The Morgan fingerprint density at radius 3 is 2.76 bits per heavy atom. The number of nitrogen functional groups attached to an aromatic ring is 1. The van der Waals surface area contributed by atoms with Gasteiger partial charge in [0.1, 0.15) is 11.5 Å². The molecule has 0 aliphatic carbocycles. The predicted octanol–water partition coefficient (Wildman–Crippen LogP) is 1.83. The summed E-state index contributed by atoms with van der Waals surface area (Å²) in [4.78, 5) is 4.02. The molecule has 2 fully saturated rings. The van der Waals surface area contributed by atoms with E-state index in [0.717, 1.165) is 18.4 Å². The number of anilines is 1. The summed E-state index contributed by atoms with van der Waals surface area (Å²) < 4.78 is 14.9. The van der Waals surface area contributed by atoms with E-state index >= 15 is 0 Å². The molecule has 1 aromatic heterocycles. The zero-order chi connectivity index (χ0) is 11.9. The molecule has 2 aliphatic rings. The van der Waals surface area contributed by atoms with Gasteiger partial charge >= 0.3 is 0 Å². The average molecular weight is 235 g/mol. The molecule has 92 valence electrons. The Labute approximate surface area is 101 Å². The minimum absolute atomic E-state index is 0.358. The second-order valence-corrected chi connectivity index (χ2v) is 5.42. The molecular weight excluding hydrogens is 217 g/mol.